The van der Waals surface area contributed by atoms with Crippen LogP contribution in [0.3, 0.4) is 0 Å². The van der Waals surface area contributed by atoms with Gasteiger partial charge < -0.3 is 15.4 Å². The Bertz CT molecular complexity index is 1100. The second kappa shape index (κ2) is 8.20. The van der Waals surface area contributed by atoms with Gasteiger partial charge in [-0.15, -0.1) is 0 Å². The van der Waals surface area contributed by atoms with E-state index >= 15 is 0 Å². The fourth-order valence-electron chi connectivity index (χ4n) is 4.02. The Morgan fingerprint density at radius 1 is 0.906 bits per heavy atom. The number of fused-ring (bicyclic) bond motifs is 1. The van der Waals surface area contributed by atoms with Gasteiger partial charge in [-0.2, -0.15) is 0 Å². The van der Waals surface area contributed by atoms with E-state index in [1.54, 1.807) is 36.4 Å². The zero-order valence-electron chi connectivity index (χ0n) is 17.4. The Kier molecular flexibility index (Phi) is 5.22. The average Bonchev–Trinajstić information content (AvgIpc) is 3.48. The van der Waals surface area contributed by atoms with Gasteiger partial charge >= 0.3 is 0 Å². The zero-order chi connectivity index (χ0) is 22.2. The van der Waals surface area contributed by atoms with Gasteiger partial charge in [0.2, 0.25) is 5.91 Å². The van der Waals surface area contributed by atoms with E-state index in [4.69, 9.17) is 4.74 Å². The molecule has 5 rings (SSSR count). The molecule has 2 aromatic carbocycles. The van der Waals surface area contributed by atoms with E-state index in [9.17, 15) is 19.2 Å². The van der Waals surface area contributed by atoms with Crippen LogP contribution in [0.5, 0.6) is 0 Å². The van der Waals surface area contributed by atoms with Crippen molar-refractivity contribution in [2.24, 2.45) is 5.92 Å². The van der Waals surface area contributed by atoms with Gasteiger partial charge in [-0.1, -0.05) is 0 Å². The lowest BCUT2D eigenvalue weighted by molar-refractivity contribution is -0.117. The Labute approximate surface area is 184 Å². The normalized spacial score (nSPS) is 19.8. The van der Waals surface area contributed by atoms with Crippen molar-refractivity contribution >= 4 is 35.0 Å². The summed E-state index contributed by atoms with van der Waals surface area (Å²) in [6.45, 7) is 0.898. The minimum atomic E-state index is -0.368. The van der Waals surface area contributed by atoms with Crippen molar-refractivity contribution in [1.29, 1.82) is 0 Å². The molecule has 1 saturated heterocycles. The van der Waals surface area contributed by atoms with E-state index in [1.807, 2.05) is 0 Å². The summed E-state index contributed by atoms with van der Waals surface area (Å²) in [5, 5.41) is 5.60. The fraction of sp³-hybridized carbons (Fsp3) is 0.333. The summed E-state index contributed by atoms with van der Waals surface area (Å²) in [5.74, 6) is -0.936. The quantitative estimate of drug-likeness (QED) is 0.682. The predicted molar refractivity (Wildman–Crippen MR) is 117 cm³/mol. The highest BCUT2D eigenvalue weighted by Gasteiger charge is 2.37. The summed E-state index contributed by atoms with van der Waals surface area (Å²) in [7, 11) is 0. The molecule has 2 aliphatic heterocycles. The summed E-state index contributed by atoms with van der Waals surface area (Å²) in [6, 6.07) is 11.3. The molecular formula is C24H23N3O5. The van der Waals surface area contributed by atoms with Gasteiger partial charge in [0, 0.05) is 29.5 Å². The maximum Gasteiger partial charge on any atom is 0.261 e. The third kappa shape index (κ3) is 4.01. The lowest BCUT2D eigenvalue weighted by atomic mass is 10.1. The molecule has 3 aliphatic rings. The van der Waals surface area contributed by atoms with Crippen molar-refractivity contribution in [2.45, 2.75) is 31.8 Å². The molecule has 0 radical (unpaired) electrons. The molecule has 4 amide bonds. The predicted octanol–water partition coefficient (Wildman–Crippen LogP) is 3.06. The van der Waals surface area contributed by atoms with Crippen LogP contribution in [0, 0.1) is 5.92 Å². The van der Waals surface area contributed by atoms with E-state index in [0.29, 0.717) is 29.1 Å². The van der Waals surface area contributed by atoms with Gasteiger partial charge in [0.1, 0.15) is 0 Å². The number of nitrogens with zero attached hydrogens (tertiary/aromatic N) is 1. The molecule has 0 spiro atoms. The molecule has 0 bridgehead atoms. The minimum Gasteiger partial charge on any atom is -0.376 e. The zero-order valence-corrected chi connectivity index (χ0v) is 17.4. The van der Waals surface area contributed by atoms with E-state index in [1.165, 1.54) is 11.0 Å². The molecule has 1 unspecified atom stereocenters. The van der Waals surface area contributed by atoms with Gasteiger partial charge in [-0.05, 0) is 68.1 Å². The highest BCUT2D eigenvalue weighted by atomic mass is 16.5. The molecule has 8 heteroatoms. The summed E-state index contributed by atoms with van der Waals surface area (Å²) in [5.41, 5.74) is 2.11. The first-order valence-corrected chi connectivity index (χ1v) is 10.8. The van der Waals surface area contributed by atoms with Gasteiger partial charge in [0.15, 0.2) is 0 Å². The Morgan fingerprint density at radius 2 is 1.62 bits per heavy atom. The van der Waals surface area contributed by atoms with Crippen LogP contribution in [0.2, 0.25) is 0 Å². The number of amides is 4. The summed E-state index contributed by atoms with van der Waals surface area (Å²) in [6.07, 6.45) is 3.49. The number of anilines is 2. The lowest BCUT2D eigenvalue weighted by Crippen LogP contribution is -2.36. The SMILES string of the molecule is O=C(Nc1ccc2c(c1)C(=O)N(CC1CCCO1)C2=O)c1ccc(NC(=O)C2CC2)cc1. The Hall–Kier alpha value is -3.52. The summed E-state index contributed by atoms with van der Waals surface area (Å²) in [4.78, 5) is 51.1. The standard InChI is InChI=1S/C24H23N3O5/c28-21(14-3-4-14)25-16-7-5-15(6-8-16)22(29)26-17-9-10-19-20(12-17)24(31)27(23(19)30)13-18-2-1-11-32-18/h5-10,12,14,18H,1-4,11,13H2,(H,25,28)(H,26,29). The van der Waals surface area contributed by atoms with Gasteiger partial charge in [-0.3, -0.25) is 24.1 Å². The van der Waals surface area contributed by atoms with E-state index < -0.39 is 0 Å². The topological polar surface area (TPSA) is 105 Å². The molecule has 0 aromatic heterocycles. The first-order valence-electron chi connectivity index (χ1n) is 10.8. The van der Waals surface area contributed by atoms with Gasteiger partial charge in [0.05, 0.1) is 23.8 Å². The molecule has 2 fully saturated rings. The maximum atomic E-state index is 12.8. The molecule has 164 valence electrons. The van der Waals surface area contributed by atoms with Crippen molar-refractivity contribution in [3.8, 4) is 0 Å². The molecule has 1 atom stereocenters. The van der Waals surface area contributed by atoms with Crippen LogP contribution in [0.4, 0.5) is 11.4 Å². The van der Waals surface area contributed by atoms with Crippen LogP contribution in [-0.2, 0) is 9.53 Å². The summed E-state index contributed by atoms with van der Waals surface area (Å²) < 4.78 is 5.55. The first-order chi connectivity index (χ1) is 15.5. The number of rotatable bonds is 6. The molecule has 1 saturated carbocycles. The van der Waals surface area contributed by atoms with E-state index in [2.05, 4.69) is 10.6 Å². The number of hydrogen-bond acceptors (Lipinski definition) is 5. The van der Waals surface area contributed by atoms with Crippen molar-refractivity contribution < 1.29 is 23.9 Å². The number of carbonyl (C=O) groups is 4. The van der Waals surface area contributed by atoms with Crippen molar-refractivity contribution in [1.82, 2.24) is 4.90 Å². The number of ether oxygens (including phenoxy) is 1. The second-order valence-electron chi connectivity index (χ2n) is 8.41. The van der Waals surface area contributed by atoms with E-state index in [0.717, 1.165) is 25.7 Å². The molecule has 1 aliphatic carbocycles. The lowest BCUT2D eigenvalue weighted by Gasteiger charge is -2.17. The van der Waals surface area contributed by atoms with Crippen LogP contribution in [0.1, 0.15) is 56.8 Å². The van der Waals surface area contributed by atoms with Crippen molar-refractivity contribution in [3.63, 3.8) is 0 Å². The monoisotopic (exact) mass is 433 g/mol. The van der Waals surface area contributed by atoms with Crippen molar-refractivity contribution in [2.75, 3.05) is 23.8 Å². The van der Waals surface area contributed by atoms with Gasteiger partial charge in [0.25, 0.3) is 17.7 Å². The molecule has 2 N–H and O–H groups in total. The van der Waals surface area contributed by atoms with Gasteiger partial charge in [-0.25, -0.2) is 0 Å². The smallest absolute Gasteiger partial charge is 0.261 e. The van der Waals surface area contributed by atoms with Crippen LogP contribution < -0.4 is 10.6 Å². The number of benzene rings is 2. The van der Waals surface area contributed by atoms with Crippen LogP contribution >= 0.6 is 0 Å². The number of nitrogens with one attached hydrogen (secondary N) is 2. The maximum absolute atomic E-state index is 12.8. The van der Waals surface area contributed by atoms with Crippen LogP contribution in [-0.4, -0.2) is 47.8 Å². The highest BCUT2D eigenvalue weighted by molar-refractivity contribution is 6.22. The molecule has 2 heterocycles. The molecular weight excluding hydrogens is 410 g/mol. The second-order valence-corrected chi connectivity index (χ2v) is 8.41. The average molecular weight is 433 g/mol. The van der Waals surface area contributed by atoms with Crippen molar-refractivity contribution in [3.05, 3.63) is 59.2 Å². The third-order valence-electron chi connectivity index (χ3n) is 6.00. The van der Waals surface area contributed by atoms with Crippen LogP contribution in [0.25, 0.3) is 0 Å². The number of carbonyl (C=O) groups excluding carboxylic acids is 4. The first kappa shape index (κ1) is 20.4. The number of imide groups is 1. The third-order valence-corrected chi connectivity index (χ3v) is 6.00. The Balaban J connectivity index is 1.25. The van der Waals surface area contributed by atoms with E-state index in [-0.39, 0.29) is 47.8 Å². The Morgan fingerprint density at radius 3 is 2.31 bits per heavy atom. The molecule has 32 heavy (non-hydrogen) atoms. The molecule has 2 aromatic rings. The van der Waals surface area contributed by atoms with Crippen LogP contribution in [0.15, 0.2) is 42.5 Å². The highest BCUT2D eigenvalue weighted by Crippen LogP contribution is 2.30. The number of hydrogen-bond donors (Lipinski definition) is 2. The fourth-order valence-corrected chi connectivity index (χ4v) is 4.02. The largest absolute Gasteiger partial charge is 0.376 e. The summed E-state index contributed by atoms with van der Waals surface area (Å²) >= 11 is 0. The molecule has 8 nitrogen and oxygen atoms in total. The minimum absolute atomic E-state index is 0.00749.